The lowest BCUT2D eigenvalue weighted by atomic mass is 10.2. The monoisotopic (exact) mass is 384 g/mol. The molecule has 27 heavy (non-hydrogen) atoms. The highest BCUT2D eigenvalue weighted by atomic mass is 32.2. The van der Waals surface area contributed by atoms with Gasteiger partial charge >= 0.3 is 0 Å². The summed E-state index contributed by atoms with van der Waals surface area (Å²) in [7, 11) is 0. The van der Waals surface area contributed by atoms with E-state index in [1.807, 2.05) is 29.7 Å². The van der Waals surface area contributed by atoms with Crippen molar-refractivity contribution in [3.05, 3.63) is 58.1 Å². The van der Waals surface area contributed by atoms with E-state index in [1.54, 1.807) is 18.2 Å². The van der Waals surface area contributed by atoms with Gasteiger partial charge < -0.3 is 14.0 Å². The molecule has 0 amide bonds. The molecule has 0 fully saturated rings. The second-order valence-electron chi connectivity index (χ2n) is 5.79. The molecule has 4 rings (SSSR count). The number of nitro groups is 1. The first-order valence-electron chi connectivity index (χ1n) is 8.35. The number of ether oxygens (including phenoxy) is 2. The topological polar surface area (TPSA) is 92.3 Å². The molecule has 3 aromatic rings. The van der Waals surface area contributed by atoms with E-state index in [0.29, 0.717) is 34.5 Å². The quantitative estimate of drug-likeness (QED) is 0.361. The fraction of sp³-hybridized carbons (Fsp3) is 0.222. The first kappa shape index (κ1) is 17.3. The second-order valence-corrected chi connectivity index (χ2v) is 6.74. The molecule has 1 aliphatic heterocycles. The highest BCUT2D eigenvalue weighted by Gasteiger charge is 2.19. The van der Waals surface area contributed by atoms with E-state index in [4.69, 9.17) is 9.47 Å². The molecule has 2 heterocycles. The van der Waals surface area contributed by atoms with Gasteiger partial charge in [0.2, 0.25) is 6.79 Å². The summed E-state index contributed by atoms with van der Waals surface area (Å²) in [4.78, 5) is 10.8. The van der Waals surface area contributed by atoms with Gasteiger partial charge in [0, 0.05) is 29.5 Å². The van der Waals surface area contributed by atoms with E-state index in [1.165, 1.54) is 17.8 Å². The summed E-state index contributed by atoms with van der Waals surface area (Å²) in [5.41, 5.74) is 1.65. The number of aromatic nitrogens is 3. The number of benzene rings is 2. The van der Waals surface area contributed by atoms with Gasteiger partial charge in [0.15, 0.2) is 22.5 Å². The first-order valence-corrected chi connectivity index (χ1v) is 9.34. The zero-order chi connectivity index (χ0) is 18.8. The third kappa shape index (κ3) is 3.33. The minimum atomic E-state index is -0.363. The summed E-state index contributed by atoms with van der Waals surface area (Å²) >= 11 is 1.43. The lowest BCUT2D eigenvalue weighted by Gasteiger charge is -2.08. The van der Waals surface area contributed by atoms with Gasteiger partial charge in [-0.25, -0.2) is 0 Å². The zero-order valence-corrected chi connectivity index (χ0v) is 15.3. The molecule has 0 saturated carbocycles. The van der Waals surface area contributed by atoms with E-state index in [9.17, 15) is 10.1 Å². The maximum Gasteiger partial charge on any atom is 0.273 e. The van der Waals surface area contributed by atoms with Crippen molar-refractivity contribution < 1.29 is 14.4 Å². The Morgan fingerprint density at radius 2 is 2.00 bits per heavy atom. The van der Waals surface area contributed by atoms with Gasteiger partial charge in [0.05, 0.1) is 4.92 Å². The summed E-state index contributed by atoms with van der Waals surface area (Å²) in [6, 6.07) is 12.4. The Kier molecular flexibility index (Phi) is 4.68. The lowest BCUT2D eigenvalue weighted by molar-refractivity contribution is -0.385. The molecule has 9 heteroatoms. The Morgan fingerprint density at radius 1 is 1.19 bits per heavy atom. The van der Waals surface area contributed by atoms with Crippen molar-refractivity contribution in [2.24, 2.45) is 0 Å². The van der Waals surface area contributed by atoms with E-state index in [2.05, 4.69) is 10.2 Å². The first-order chi connectivity index (χ1) is 13.2. The second kappa shape index (κ2) is 7.28. The van der Waals surface area contributed by atoms with Gasteiger partial charge in [-0.05, 0) is 25.1 Å². The van der Waals surface area contributed by atoms with Crippen LogP contribution >= 0.6 is 11.8 Å². The molecular formula is C18H16N4O4S. The van der Waals surface area contributed by atoms with Crippen molar-refractivity contribution in [2.45, 2.75) is 24.4 Å². The molecule has 0 spiro atoms. The van der Waals surface area contributed by atoms with Crippen LogP contribution in [0.15, 0.2) is 47.6 Å². The molecule has 0 N–H and O–H groups in total. The molecule has 138 valence electrons. The Hall–Kier alpha value is -3.07. The summed E-state index contributed by atoms with van der Waals surface area (Å²) in [6.07, 6.45) is 0. The van der Waals surface area contributed by atoms with E-state index in [-0.39, 0.29) is 17.4 Å². The molecule has 0 saturated heterocycles. The highest BCUT2D eigenvalue weighted by Crippen LogP contribution is 2.36. The van der Waals surface area contributed by atoms with Gasteiger partial charge in [-0.3, -0.25) is 10.1 Å². The largest absolute Gasteiger partial charge is 0.454 e. The average Bonchev–Trinajstić information content (AvgIpc) is 3.32. The standard InChI is InChI=1S/C18H16N4O4S/c1-2-21-17(12-7-8-15-16(9-12)26-11-25-15)19-20-18(21)27-10-13-5-3-4-6-14(13)22(23)24/h3-9H,2,10-11H2,1H3. The Labute approximate surface area is 159 Å². The minimum absolute atomic E-state index is 0.114. The van der Waals surface area contributed by atoms with Crippen LogP contribution in [0.5, 0.6) is 11.5 Å². The Morgan fingerprint density at radius 3 is 2.81 bits per heavy atom. The summed E-state index contributed by atoms with van der Waals surface area (Å²) < 4.78 is 12.8. The molecule has 1 aliphatic rings. The molecule has 0 aliphatic carbocycles. The molecule has 0 radical (unpaired) electrons. The summed E-state index contributed by atoms with van der Waals surface area (Å²) in [5, 5.41) is 20.5. The van der Waals surface area contributed by atoms with Gasteiger partial charge in [-0.15, -0.1) is 10.2 Å². The number of thioether (sulfide) groups is 1. The van der Waals surface area contributed by atoms with Crippen LogP contribution in [0, 0.1) is 10.1 Å². The third-order valence-corrected chi connectivity index (χ3v) is 5.22. The fourth-order valence-electron chi connectivity index (χ4n) is 2.88. The van der Waals surface area contributed by atoms with Crippen LogP contribution in [0.2, 0.25) is 0 Å². The predicted octanol–water partition coefficient (Wildman–Crippen LogP) is 3.89. The van der Waals surface area contributed by atoms with Crippen molar-refractivity contribution >= 4 is 17.4 Å². The number of nitrogens with zero attached hydrogens (tertiary/aromatic N) is 4. The van der Waals surface area contributed by atoms with Crippen LogP contribution < -0.4 is 9.47 Å². The molecule has 2 aromatic carbocycles. The molecule has 1 aromatic heterocycles. The molecule has 8 nitrogen and oxygen atoms in total. The summed E-state index contributed by atoms with van der Waals surface area (Å²) in [6.45, 7) is 2.90. The lowest BCUT2D eigenvalue weighted by Crippen LogP contribution is -2.00. The van der Waals surface area contributed by atoms with Crippen LogP contribution in [0.3, 0.4) is 0 Å². The molecule has 0 unspecified atom stereocenters. The molecular weight excluding hydrogens is 368 g/mol. The van der Waals surface area contributed by atoms with E-state index in [0.717, 1.165) is 11.4 Å². The maximum absolute atomic E-state index is 11.2. The van der Waals surface area contributed by atoms with Crippen LogP contribution in [0.1, 0.15) is 12.5 Å². The van der Waals surface area contributed by atoms with Crippen molar-refractivity contribution in [3.8, 4) is 22.9 Å². The fourth-order valence-corrected chi connectivity index (χ4v) is 3.88. The Balaban J connectivity index is 1.60. The van der Waals surface area contributed by atoms with Gasteiger partial charge in [0.25, 0.3) is 5.69 Å². The zero-order valence-electron chi connectivity index (χ0n) is 14.5. The number of fused-ring (bicyclic) bond motifs is 1. The number of nitro benzene ring substituents is 1. The van der Waals surface area contributed by atoms with Crippen LogP contribution in [-0.4, -0.2) is 26.5 Å². The van der Waals surface area contributed by atoms with E-state index >= 15 is 0 Å². The SMILES string of the molecule is CCn1c(SCc2ccccc2[N+](=O)[O-])nnc1-c1ccc2c(c1)OCO2. The number of hydrogen-bond acceptors (Lipinski definition) is 7. The van der Waals surface area contributed by atoms with Crippen LogP contribution in [0.4, 0.5) is 5.69 Å². The highest BCUT2D eigenvalue weighted by molar-refractivity contribution is 7.98. The van der Waals surface area contributed by atoms with Crippen LogP contribution in [0.25, 0.3) is 11.4 Å². The molecule has 0 bridgehead atoms. The van der Waals surface area contributed by atoms with Gasteiger partial charge in [-0.1, -0.05) is 30.0 Å². The number of rotatable bonds is 6. The predicted molar refractivity (Wildman–Crippen MR) is 99.9 cm³/mol. The normalized spacial score (nSPS) is 12.3. The maximum atomic E-state index is 11.2. The number of hydrogen-bond donors (Lipinski definition) is 0. The summed E-state index contributed by atoms with van der Waals surface area (Å²) in [5.74, 6) is 2.57. The molecule has 0 atom stereocenters. The average molecular weight is 384 g/mol. The van der Waals surface area contributed by atoms with Crippen LogP contribution in [-0.2, 0) is 12.3 Å². The van der Waals surface area contributed by atoms with Gasteiger partial charge in [0.1, 0.15) is 0 Å². The number of para-hydroxylation sites is 1. The third-order valence-electron chi connectivity index (χ3n) is 4.21. The van der Waals surface area contributed by atoms with Crippen molar-refractivity contribution in [1.29, 1.82) is 0 Å². The van der Waals surface area contributed by atoms with E-state index < -0.39 is 0 Å². The Bertz CT molecular complexity index is 1000. The smallest absolute Gasteiger partial charge is 0.273 e. The minimum Gasteiger partial charge on any atom is -0.454 e. The van der Waals surface area contributed by atoms with Crippen molar-refractivity contribution in [2.75, 3.05) is 6.79 Å². The van der Waals surface area contributed by atoms with Crippen molar-refractivity contribution in [1.82, 2.24) is 14.8 Å². The van der Waals surface area contributed by atoms with Crippen molar-refractivity contribution in [3.63, 3.8) is 0 Å². The van der Waals surface area contributed by atoms with Gasteiger partial charge in [-0.2, -0.15) is 0 Å².